The third-order valence-corrected chi connectivity index (χ3v) is 3.82. The number of hydrogen-bond acceptors (Lipinski definition) is 3. The summed E-state index contributed by atoms with van der Waals surface area (Å²) in [5.41, 5.74) is 1.96. The summed E-state index contributed by atoms with van der Waals surface area (Å²) in [4.78, 5) is 23.6. The van der Waals surface area contributed by atoms with Gasteiger partial charge < -0.3 is 20.3 Å². The van der Waals surface area contributed by atoms with Gasteiger partial charge in [-0.1, -0.05) is 17.7 Å². The molecule has 1 aromatic heterocycles. The first-order valence-corrected chi connectivity index (χ1v) is 7.41. The van der Waals surface area contributed by atoms with Crippen molar-refractivity contribution in [3.05, 3.63) is 52.8 Å². The Balaban J connectivity index is 1.89. The fraction of sp³-hybridized carbons (Fsp3) is 0.250. The van der Waals surface area contributed by atoms with Crippen LogP contribution in [-0.2, 0) is 16.6 Å². The second-order valence-corrected chi connectivity index (χ2v) is 5.60. The van der Waals surface area contributed by atoms with Gasteiger partial charge in [-0.15, -0.1) is 0 Å². The Morgan fingerprint density at radius 2 is 2.04 bits per heavy atom. The number of aliphatic hydroxyl groups excluding tert-OH is 1. The van der Waals surface area contributed by atoms with Gasteiger partial charge in [0.1, 0.15) is 6.10 Å². The fourth-order valence-electron chi connectivity index (χ4n) is 2.05. The van der Waals surface area contributed by atoms with E-state index in [1.54, 1.807) is 48.1 Å². The van der Waals surface area contributed by atoms with Gasteiger partial charge >= 0.3 is 11.8 Å². The highest BCUT2D eigenvalue weighted by Crippen LogP contribution is 2.19. The van der Waals surface area contributed by atoms with E-state index in [4.69, 9.17) is 11.6 Å². The van der Waals surface area contributed by atoms with Crippen LogP contribution in [0, 0.1) is 6.92 Å². The third kappa shape index (κ3) is 4.34. The number of halogens is 1. The molecule has 1 aromatic carbocycles. The number of nitrogens with one attached hydrogen (secondary N) is 2. The lowest BCUT2D eigenvalue weighted by atomic mass is 10.2. The molecule has 6 nitrogen and oxygen atoms in total. The molecule has 0 aliphatic carbocycles. The predicted molar refractivity (Wildman–Crippen MR) is 88.2 cm³/mol. The summed E-state index contributed by atoms with van der Waals surface area (Å²) in [7, 11) is 1.79. The van der Waals surface area contributed by atoms with Crippen LogP contribution in [0.15, 0.2) is 36.5 Å². The van der Waals surface area contributed by atoms with Crippen molar-refractivity contribution >= 4 is 29.1 Å². The summed E-state index contributed by atoms with van der Waals surface area (Å²) in [6.07, 6.45) is 0.898. The highest BCUT2D eigenvalue weighted by atomic mass is 35.5. The van der Waals surface area contributed by atoms with Crippen molar-refractivity contribution in [2.24, 2.45) is 7.05 Å². The van der Waals surface area contributed by atoms with Gasteiger partial charge in [0.2, 0.25) is 0 Å². The van der Waals surface area contributed by atoms with E-state index in [2.05, 4.69) is 10.6 Å². The largest absolute Gasteiger partial charge is 0.385 e. The van der Waals surface area contributed by atoms with E-state index in [1.807, 2.05) is 6.92 Å². The molecule has 1 heterocycles. The van der Waals surface area contributed by atoms with Crippen molar-refractivity contribution in [1.29, 1.82) is 0 Å². The number of benzene rings is 1. The summed E-state index contributed by atoms with van der Waals surface area (Å²) in [5.74, 6) is -1.64. The maximum absolute atomic E-state index is 11.8. The summed E-state index contributed by atoms with van der Waals surface area (Å²) in [6.45, 7) is 1.78. The van der Waals surface area contributed by atoms with Crippen LogP contribution in [0.5, 0.6) is 0 Å². The van der Waals surface area contributed by atoms with Crippen LogP contribution in [0.2, 0.25) is 5.02 Å². The number of carbonyl (C=O) groups excluding carboxylic acids is 2. The van der Waals surface area contributed by atoms with Gasteiger partial charge in [-0.25, -0.2) is 0 Å². The number of carbonyl (C=O) groups is 2. The molecule has 23 heavy (non-hydrogen) atoms. The third-order valence-electron chi connectivity index (χ3n) is 3.42. The Morgan fingerprint density at radius 1 is 1.30 bits per heavy atom. The second kappa shape index (κ2) is 7.30. The van der Waals surface area contributed by atoms with E-state index >= 15 is 0 Å². The zero-order chi connectivity index (χ0) is 17.0. The minimum Gasteiger partial charge on any atom is -0.385 e. The highest BCUT2D eigenvalue weighted by molar-refractivity contribution is 6.39. The molecule has 0 aliphatic heterocycles. The predicted octanol–water partition coefficient (Wildman–Crippen LogP) is 1.78. The Hall–Kier alpha value is -2.31. The molecule has 2 aromatic rings. The van der Waals surface area contributed by atoms with Crippen LogP contribution in [0.25, 0.3) is 0 Å². The van der Waals surface area contributed by atoms with Crippen LogP contribution in [-0.4, -0.2) is 28.0 Å². The molecule has 122 valence electrons. The minimum atomic E-state index is -0.888. The van der Waals surface area contributed by atoms with Gasteiger partial charge in [0.25, 0.3) is 0 Å². The summed E-state index contributed by atoms with van der Waals surface area (Å²) in [6, 6.07) is 8.50. The Labute approximate surface area is 139 Å². The minimum absolute atomic E-state index is 0.0568. The SMILES string of the molecule is Cc1ccc(NC(=O)C(=O)NCC(O)c2cccn2C)cc1Cl. The van der Waals surface area contributed by atoms with Crippen molar-refractivity contribution in [2.45, 2.75) is 13.0 Å². The number of rotatable bonds is 4. The first-order chi connectivity index (χ1) is 10.9. The van der Waals surface area contributed by atoms with E-state index in [-0.39, 0.29) is 6.54 Å². The molecule has 2 amide bonds. The van der Waals surface area contributed by atoms with Gasteiger partial charge in [-0.3, -0.25) is 9.59 Å². The molecule has 3 N–H and O–H groups in total. The van der Waals surface area contributed by atoms with Crippen LogP contribution in [0.3, 0.4) is 0 Å². The second-order valence-electron chi connectivity index (χ2n) is 5.19. The summed E-state index contributed by atoms with van der Waals surface area (Å²) < 4.78 is 1.74. The lowest BCUT2D eigenvalue weighted by Crippen LogP contribution is -2.37. The standard InChI is InChI=1S/C16H18ClN3O3/c1-10-5-6-11(8-12(10)17)19-16(23)15(22)18-9-14(21)13-4-3-7-20(13)2/h3-8,14,21H,9H2,1-2H3,(H,18,22)(H,19,23). The monoisotopic (exact) mass is 335 g/mol. The average Bonchev–Trinajstić information content (AvgIpc) is 2.94. The molecule has 0 bridgehead atoms. The molecule has 0 saturated carbocycles. The van der Waals surface area contributed by atoms with Crippen LogP contribution in [0.1, 0.15) is 17.4 Å². The number of aryl methyl sites for hydroxylation is 2. The highest BCUT2D eigenvalue weighted by Gasteiger charge is 2.17. The molecule has 1 atom stereocenters. The molecule has 2 rings (SSSR count). The van der Waals surface area contributed by atoms with E-state index in [0.717, 1.165) is 5.56 Å². The van der Waals surface area contributed by atoms with Gasteiger partial charge in [-0.2, -0.15) is 0 Å². The van der Waals surface area contributed by atoms with Crippen LogP contribution < -0.4 is 10.6 Å². The first-order valence-electron chi connectivity index (χ1n) is 7.03. The molecule has 0 aliphatic rings. The lowest BCUT2D eigenvalue weighted by molar-refractivity contribution is -0.136. The smallest absolute Gasteiger partial charge is 0.313 e. The molecule has 0 spiro atoms. The van der Waals surface area contributed by atoms with Crippen molar-refractivity contribution in [3.63, 3.8) is 0 Å². The zero-order valence-corrected chi connectivity index (χ0v) is 13.6. The molecular formula is C16H18ClN3O3. The molecule has 0 radical (unpaired) electrons. The van der Waals surface area contributed by atoms with E-state index < -0.39 is 17.9 Å². The number of hydrogen-bond donors (Lipinski definition) is 3. The first kappa shape index (κ1) is 17.1. The van der Waals surface area contributed by atoms with Gasteiger partial charge in [0.05, 0.1) is 0 Å². The van der Waals surface area contributed by atoms with Crippen molar-refractivity contribution < 1.29 is 14.7 Å². The molecular weight excluding hydrogens is 318 g/mol. The van der Waals surface area contributed by atoms with Crippen LogP contribution in [0.4, 0.5) is 5.69 Å². The number of nitrogens with zero attached hydrogens (tertiary/aromatic N) is 1. The van der Waals surface area contributed by atoms with Gasteiger partial charge in [-0.05, 0) is 36.8 Å². The molecule has 1 unspecified atom stereocenters. The summed E-state index contributed by atoms with van der Waals surface area (Å²) in [5, 5.41) is 15.3. The fourth-order valence-corrected chi connectivity index (χ4v) is 2.23. The number of amides is 2. The lowest BCUT2D eigenvalue weighted by Gasteiger charge is -2.13. The maximum Gasteiger partial charge on any atom is 0.313 e. The molecule has 0 fully saturated rings. The average molecular weight is 336 g/mol. The van der Waals surface area contributed by atoms with E-state index in [1.165, 1.54) is 0 Å². The number of anilines is 1. The van der Waals surface area contributed by atoms with E-state index in [0.29, 0.717) is 16.4 Å². The van der Waals surface area contributed by atoms with Crippen molar-refractivity contribution in [2.75, 3.05) is 11.9 Å². The molecule has 7 heteroatoms. The quantitative estimate of drug-likeness (QED) is 0.745. The topological polar surface area (TPSA) is 83.4 Å². The van der Waals surface area contributed by atoms with E-state index in [9.17, 15) is 14.7 Å². The van der Waals surface area contributed by atoms with Crippen molar-refractivity contribution in [1.82, 2.24) is 9.88 Å². The normalized spacial score (nSPS) is 11.8. The van der Waals surface area contributed by atoms with Gasteiger partial charge in [0, 0.05) is 36.2 Å². The number of aliphatic hydroxyl groups is 1. The van der Waals surface area contributed by atoms with Crippen LogP contribution >= 0.6 is 11.6 Å². The zero-order valence-electron chi connectivity index (χ0n) is 12.8. The Bertz CT molecular complexity index is 727. The van der Waals surface area contributed by atoms with Gasteiger partial charge in [0.15, 0.2) is 0 Å². The number of aromatic nitrogens is 1. The Morgan fingerprint density at radius 3 is 2.65 bits per heavy atom. The Kier molecular flexibility index (Phi) is 5.41. The summed E-state index contributed by atoms with van der Waals surface area (Å²) >= 11 is 5.96. The maximum atomic E-state index is 11.8. The molecule has 0 saturated heterocycles. The van der Waals surface area contributed by atoms with Crippen molar-refractivity contribution in [3.8, 4) is 0 Å².